The third-order valence-electron chi connectivity index (χ3n) is 4.46. The van der Waals surface area contributed by atoms with Gasteiger partial charge in [0.05, 0.1) is 13.7 Å². The lowest BCUT2D eigenvalue weighted by Crippen LogP contribution is -2.55. The summed E-state index contributed by atoms with van der Waals surface area (Å²) in [5, 5.41) is 3.30. The van der Waals surface area contributed by atoms with E-state index in [-0.39, 0.29) is 17.3 Å². The van der Waals surface area contributed by atoms with Crippen LogP contribution in [0, 0.1) is 5.41 Å². The van der Waals surface area contributed by atoms with E-state index < -0.39 is 0 Å². The number of esters is 1. The number of carbonyl (C=O) groups excluding carboxylic acids is 2. The number of carbonyl (C=O) groups is 2. The van der Waals surface area contributed by atoms with Crippen molar-refractivity contribution in [3.63, 3.8) is 0 Å². The van der Waals surface area contributed by atoms with Crippen molar-refractivity contribution in [1.29, 1.82) is 0 Å². The molecule has 2 aliphatic rings. The molecule has 2 fully saturated rings. The van der Waals surface area contributed by atoms with E-state index >= 15 is 0 Å². The lowest BCUT2D eigenvalue weighted by molar-refractivity contribution is -0.146. The second-order valence-corrected chi connectivity index (χ2v) is 5.96. The van der Waals surface area contributed by atoms with Gasteiger partial charge in [-0.15, -0.1) is 0 Å². The van der Waals surface area contributed by atoms with Crippen LogP contribution in [0.1, 0.15) is 19.8 Å². The molecule has 20 heavy (non-hydrogen) atoms. The molecule has 0 aromatic heterocycles. The monoisotopic (exact) mass is 283 g/mol. The van der Waals surface area contributed by atoms with Gasteiger partial charge in [0.25, 0.3) is 0 Å². The van der Waals surface area contributed by atoms with Crippen LogP contribution in [0.15, 0.2) is 0 Å². The predicted octanol–water partition coefficient (Wildman–Crippen LogP) is -0.307. The number of methoxy groups -OCH3 is 1. The number of hydrogen-bond acceptors (Lipinski definition) is 5. The van der Waals surface area contributed by atoms with Gasteiger partial charge in [-0.1, -0.05) is 6.92 Å². The molecule has 2 aliphatic heterocycles. The molecule has 0 saturated carbocycles. The molecule has 2 heterocycles. The highest BCUT2D eigenvalue weighted by molar-refractivity contribution is 5.82. The van der Waals surface area contributed by atoms with Crippen LogP contribution >= 0.6 is 0 Å². The number of ether oxygens (including phenoxy) is 1. The second-order valence-electron chi connectivity index (χ2n) is 5.96. The Morgan fingerprint density at radius 1 is 1.15 bits per heavy atom. The number of rotatable bonds is 3. The molecule has 114 valence electrons. The summed E-state index contributed by atoms with van der Waals surface area (Å²) in [7, 11) is 1.40. The molecule has 0 aromatic rings. The van der Waals surface area contributed by atoms with Crippen LogP contribution < -0.4 is 5.32 Å². The van der Waals surface area contributed by atoms with Gasteiger partial charge in [0.2, 0.25) is 5.91 Å². The first kappa shape index (κ1) is 15.3. The van der Waals surface area contributed by atoms with E-state index in [1.54, 1.807) is 0 Å². The first-order chi connectivity index (χ1) is 9.55. The van der Waals surface area contributed by atoms with Gasteiger partial charge in [0, 0.05) is 31.6 Å². The highest BCUT2D eigenvalue weighted by atomic mass is 16.5. The molecule has 0 aromatic carbocycles. The van der Waals surface area contributed by atoms with Gasteiger partial charge in [-0.05, 0) is 25.9 Å². The minimum atomic E-state index is -0.213. The van der Waals surface area contributed by atoms with Crippen molar-refractivity contribution >= 4 is 11.9 Å². The van der Waals surface area contributed by atoms with Gasteiger partial charge in [0.1, 0.15) is 0 Å². The van der Waals surface area contributed by atoms with Crippen LogP contribution in [0.3, 0.4) is 0 Å². The van der Waals surface area contributed by atoms with E-state index in [2.05, 4.69) is 17.0 Å². The molecule has 2 rings (SSSR count). The molecule has 0 radical (unpaired) electrons. The van der Waals surface area contributed by atoms with Crippen molar-refractivity contribution in [1.82, 2.24) is 15.1 Å². The van der Waals surface area contributed by atoms with E-state index in [4.69, 9.17) is 0 Å². The van der Waals surface area contributed by atoms with E-state index in [0.29, 0.717) is 19.6 Å². The smallest absolute Gasteiger partial charge is 0.319 e. The highest BCUT2D eigenvalue weighted by Gasteiger charge is 2.38. The molecular weight excluding hydrogens is 258 g/mol. The predicted molar refractivity (Wildman–Crippen MR) is 75.2 cm³/mol. The molecule has 0 aliphatic carbocycles. The van der Waals surface area contributed by atoms with Gasteiger partial charge in [-0.25, -0.2) is 0 Å². The second kappa shape index (κ2) is 6.54. The largest absolute Gasteiger partial charge is 0.468 e. The molecule has 0 unspecified atom stereocenters. The maximum atomic E-state index is 12.6. The Labute approximate surface area is 120 Å². The van der Waals surface area contributed by atoms with Crippen LogP contribution in [-0.4, -0.2) is 74.6 Å². The summed E-state index contributed by atoms with van der Waals surface area (Å²) >= 11 is 0. The van der Waals surface area contributed by atoms with Crippen molar-refractivity contribution in [2.75, 3.05) is 52.9 Å². The number of piperidine rings is 1. The number of nitrogens with zero attached hydrogens (tertiary/aromatic N) is 2. The van der Waals surface area contributed by atoms with Crippen LogP contribution in [-0.2, 0) is 14.3 Å². The highest BCUT2D eigenvalue weighted by Crippen LogP contribution is 2.30. The number of amides is 1. The van der Waals surface area contributed by atoms with Gasteiger partial charge in [-0.2, -0.15) is 0 Å². The van der Waals surface area contributed by atoms with E-state index in [1.807, 2.05) is 9.80 Å². The zero-order chi connectivity index (χ0) is 14.6. The summed E-state index contributed by atoms with van der Waals surface area (Å²) < 4.78 is 4.67. The topological polar surface area (TPSA) is 61.9 Å². The zero-order valence-electron chi connectivity index (χ0n) is 12.5. The standard InChI is InChI=1S/C14H25N3O3/c1-14(3-5-15-6-4-14)13(19)17-9-7-16(8-10-17)11-12(18)20-2/h15H,3-11H2,1-2H3. The Bertz CT molecular complexity index is 359. The number of hydrogen-bond donors (Lipinski definition) is 1. The van der Waals surface area contributed by atoms with Crippen molar-refractivity contribution in [3.8, 4) is 0 Å². The van der Waals surface area contributed by atoms with Gasteiger partial charge < -0.3 is 15.0 Å². The Morgan fingerprint density at radius 3 is 2.30 bits per heavy atom. The maximum absolute atomic E-state index is 12.6. The van der Waals surface area contributed by atoms with E-state index in [0.717, 1.165) is 39.0 Å². The Kier molecular flexibility index (Phi) is 4.99. The van der Waals surface area contributed by atoms with Crippen molar-refractivity contribution in [3.05, 3.63) is 0 Å². The minimum absolute atomic E-state index is 0.213. The van der Waals surface area contributed by atoms with Crippen LogP contribution in [0.25, 0.3) is 0 Å². The summed E-state index contributed by atoms with van der Waals surface area (Å²) in [5.74, 6) is 0.0619. The fourth-order valence-electron chi connectivity index (χ4n) is 2.93. The molecule has 2 saturated heterocycles. The van der Waals surface area contributed by atoms with Gasteiger partial charge in [-0.3, -0.25) is 14.5 Å². The molecule has 1 amide bonds. The molecular formula is C14H25N3O3. The lowest BCUT2D eigenvalue weighted by atomic mass is 9.79. The third-order valence-corrected chi connectivity index (χ3v) is 4.46. The lowest BCUT2D eigenvalue weighted by Gasteiger charge is -2.41. The molecule has 0 spiro atoms. The molecule has 0 atom stereocenters. The molecule has 6 nitrogen and oxygen atoms in total. The van der Waals surface area contributed by atoms with Gasteiger partial charge in [0.15, 0.2) is 0 Å². The molecule has 0 bridgehead atoms. The van der Waals surface area contributed by atoms with Crippen LogP contribution in [0.2, 0.25) is 0 Å². The molecule has 1 N–H and O–H groups in total. The Balaban J connectivity index is 1.84. The number of piperazine rings is 1. The Morgan fingerprint density at radius 2 is 1.75 bits per heavy atom. The summed E-state index contributed by atoms with van der Waals surface area (Å²) in [4.78, 5) is 27.9. The maximum Gasteiger partial charge on any atom is 0.319 e. The van der Waals surface area contributed by atoms with Crippen molar-refractivity contribution < 1.29 is 14.3 Å². The summed E-state index contributed by atoms with van der Waals surface area (Å²) in [6.07, 6.45) is 1.82. The van der Waals surface area contributed by atoms with E-state index in [1.165, 1.54) is 7.11 Å². The van der Waals surface area contributed by atoms with E-state index in [9.17, 15) is 9.59 Å². The van der Waals surface area contributed by atoms with Gasteiger partial charge >= 0.3 is 5.97 Å². The van der Waals surface area contributed by atoms with Crippen molar-refractivity contribution in [2.45, 2.75) is 19.8 Å². The van der Waals surface area contributed by atoms with Crippen molar-refractivity contribution in [2.24, 2.45) is 5.41 Å². The SMILES string of the molecule is COC(=O)CN1CCN(C(=O)C2(C)CCNCC2)CC1. The summed E-state index contributed by atoms with van der Waals surface area (Å²) in [6, 6.07) is 0. The Hall–Kier alpha value is -1.14. The average Bonchev–Trinajstić information content (AvgIpc) is 2.48. The molecule has 6 heteroatoms. The third kappa shape index (κ3) is 3.49. The average molecular weight is 283 g/mol. The fourth-order valence-corrected chi connectivity index (χ4v) is 2.93. The normalized spacial score (nSPS) is 23.4. The first-order valence-corrected chi connectivity index (χ1v) is 7.34. The fraction of sp³-hybridized carbons (Fsp3) is 0.857. The minimum Gasteiger partial charge on any atom is -0.468 e. The zero-order valence-corrected chi connectivity index (χ0v) is 12.5. The summed E-state index contributed by atoms with van der Waals surface area (Å²) in [6.45, 7) is 7.15. The first-order valence-electron chi connectivity index (χ1n) is 7.34. The van der Waals surface area contributed by atoms with Crippen LogP contribution in [0.5, 0.6) is 0 Å². The number of nitrogens with one attached hydrogen (secondary N) is 1. The summed E-state index contributed by atoms with van der Waals surface area (Å²) in [5.41, 5.74) is -0.213. The van der Waals surface area contributed by atoms with Crippen LogP contribution in [0.4, 0.5) is 0 Å². The quantitative estimate of drug-likeness (QED) is 0.720.